The summed E-state index contributed by atoms with van der Waals surface area (Å²) in [6.07, 6.45) is 2.21. The summed E-state index contributed by atoms with van der Waals surface area (Å²) < 4.78 is 19.3. The summed E-state index contributed by atoms with van der Waals surface area (Å²) in [5.41, 5.74) is 2.81. The van der Waals surface area contributed by atoms with E-state index in [4.69, 9.17) is 9.40 Å². The van der Waals surface area contributed by atoms with Crippen molar-refractivity contribution in [3.63, 3.8) is 0 Å². The largest absolute Gasteiger partial charge is 0.460 e. The van der Waals surface area contributed by atoms with Gasteiger partial charge in [0.05, 0.1) is 23.6 Å². The highest BCUT2D eigenvalue weighted by molar-refractivity contribution is 5.78. The van der Waals surface area contributed by atoms with Crippen LogP contribution in [0, 0.1) is 5.82 Å². The highest BCUT2D eigenvalue weighted by Gasteiger charge is 2.29. The summed E-state index contributed by atoms with van der Waals surface area (Å²) >= 11 is 0. The Kier molecular flexibility index (Phi) is 3.35. The number of likely N-dealkylation sites (tertiary alicyclic amines) is 1. The number of nitrogens with one attached hydrogen (secondary N) is 1. The van der Waals surface area contributed by atoms with Crippen molar-refractivity contribution in [2.45, 2.75) is 25.4 Å². The number of rotatable bonds is 3. The number of H-pyrrole nitrogens is 1. The van der Waals surface area contributed by atoms with Crippen LogP contribution in [0.4, 0.5) is 4.39 Å². The molecule has 1 atom stereocenters. The van der Waals surface area contributed by atoms with E-state index in [9.17, 15) is 4.39 Å². The second-order valence-corrected chi connectivity index (χ2v) is 6.66. The highest BCUT2D eigenvalue weighted by atomic mass is 19.1. The molecule has 25 heavy (non-hydrogen) atoms. The number of halogens is 1. The normalized spacial score (nSPS) is 18.5. The van der Waals surface area contributed by atoms with Crippen LogP contribution in [0.2, 0.25) is 0 Å². The van der Waals surface area contributed by atoms with Crippen molar-refractivity contribution in [1.82, 2.24) is 14.9 Å². The van der Waals surface area contributed by atoms with Crippen LogP contribution in [0.3, 0.4) is 0 Å². The predicted octanol–water partition coefficient (Wildman–Crippen LogP) is 4.79. The number of aromatic nitrogens is 2. The maximum Gasteiger partial charge on any atom is 0.134 e. The van der Waals surface area contributed by atoms with Crippen LogP contribution in [0.1, 0.15) is 30.5 Å². The Hall–Kier alpha value is -2.66. The van der Waals surface area contributed by atoms with Crippen molar-refractivity contribution in [2.24, 2.45) is 0 Å². The van der Waals surface area contributed by atoms with Gasteiger partial charge in [0, 0.05) is 5.39 Å². The summed E-state index contributed by atoms with van der Waals surface area (Å²) in [6.45, 7) is 1.71. The molecule has 1 fully saturated rings. The smallest absolute Gasteiger partial charge is 0.134 e. The molecular formula is C20H18FN3O. The van der Waals surface area contributed by atoms with Crippen LogP contribution in [-0.2, 0) is 6.54 Å². The first-order valence-electron chi connectivity index (χ1n) is 8.63. The average molecular weight is 335 g/mol. The lowest BCUT2D eigenvalue weighted by atomic mass is 10.2. The first kappa shape index (κ1) is 14.7. The molecule has 2 aromatic carbocycles. The maximum atomic E-state index is 13.4. The highest BCUT2D eigenvalue weighted by Crippen LogP contribution is 2.33. The minimum Gasteiger partial charge on any atom is -0.460 e. The van der Waals surface area contributed by atoms with Gasteiger partial charge in [-0.15, -0.1) is 0 Å². The number of hydrogen-bond acceptors (Lipinski definition) is 3. The number of benzene rings is 2. The zero-order chi connectivity index (χ0) is 16.8. The third-order valence-electron chi connectivity index (χ3n) is 4.98. The van der Waals surface area contributed by atoms with Crippen LogP contribution < -0.4 is 0 Å². The number of para-hydroxylation sites is 2. The molecule has 0 saturated carbocycles. The van der Waals surface area contributed by atoms with E-state index in [1.165, 1.54) is 12.1 Å². The third-order valence-corrected chi connectivity index (χ3v) is 4.98. The molecule has 126 valence electrons. The van der Waals surface area contributed by atoms with Crippen LogP contribution in [-0.4, -0.2) is 21.4 Å². The van der Waals surface area contributed by atoms with Crippen LogP contribution in [0.5, 0.6) is 0 Å². The number of aromatic amines is 1. The zero-order valence-corrected chi connectivity index (χ0v) is 13.7. The first-order chi connectivity index (χ1) is 12.3. The van der Waals surface area contributed by atoms with Crippen molar-refractivity contribution in [3.8, 4) is 0 Å². The molecule has 0 radical (unpaired) electrons. The van der Waals surface area contributed by atoms with E-state index in [-0.39, 0.29) is 11.9 Å². The van der Waals surface area contributed by atoms with E-state index in [1.807, 2.05) is 24.3 Å². The number of imidazole rings is 1. The molecule has 1 unspecified atom stereocenters. The zero-order valence-electron chi connectivity index (χ0n) is 13.7. The van der Waals surface area contributed by atoms with Gasteiger partial charge in [-0.05, 0) is 55.8 Å². The van der Waals surface area contributed by atoms with Crippen LogP contribution in [0.15, 0.2) is 52.9 Å². The quantitative estimate of drug-likeness (QED) is 0.586. The Morgan fingerprint density at radius 3 is 3.04 bits per heavy atom. The van der Waals surface area contributed by atoms with Gasteiger partial charge < -0.3 is 9.40 Å². The molecular weight excluding hydrogens is 317 g/mol. The molecule has 0 spiro atoms. The molecule has 1 N–H and O–H groups in total. The molecule has 1 aliphatic heterocycles. The van der Waals surface area contributed by atoms with Gasteiger partial charge in [0.25, 0.3) is 0 Å². The van der Waals surface area contributed by atoms with Gasteiger partial charge in [-0.1, -0.05) is 12.1 Å². The standard InChI is InChI=1S/C20H18FN3O/c21-14-7-8-19-13(10-14)11-15(25-19)12-24-9-3-6-18(24)20-22-16-4-1-2-5-17(16)23-20/h1-2,4-5,7-8,10-11,18H,3,6,9,12H2,(H,22,23). The molecule has 5 rings (SSSR count). The molecule has 0 bridgehead atoms. The molecule has 1 aliphatic rings. The fourth-order valence-corrected chi connectivity index (χ4v) is 3.80. The van der Waals surface area contributed by atoms with E-state index in [0.717, 1.165) is 53.0 Å². The Bertz CT molecular complexity index is 1020. The summed E-state index contributed by atoms with van der Waals surface area (Å²) in [7, 11) is 0. The van der Waals surface area contributed by atoms with E-state index < -0.39 is 0 Å². The SMILES string of the molecule is Fc1ccc2oc(CN3CCCC3c3nc4ccccc4[nH]3)cc2c1. The van der Waals surface area contributed by atoms with E-state index in [0.29, 0.717) is 6.54 Å². The van der Waals surface area contributed by atoms with Gasteiger partial charge in [0.2, 0.25) is 0 Å². The summed E-state index contributed by atoms with van der Waals surface area (Å²) in [4.78, 5) is 10.6. The van der Waals surface area contributed by atoms with Crippen molar-refractivity contribution in [3.05, 3.63) is 65.9 Å². The second kappa shape index (κ2) is 5.70. The van der Waals surface area contributed by atoms with Crippen LogP contribution in [0.25, 0.3) is 22.0 Å². The molecule has 0 amide bonds. The van der Waals surface area contributed by atoms with Gasteiger partial charge in [-0.25, -0.2) is 9.37 Å². The van der Waals surface area contributed by atoms with E-state index in [2.05, 4.69) is 16.0 Å². The maximum absolute atomic E-state index is 13.4. The Balaban J connectivity index is 1.43. The minimum absolute atomic E-state index is 0.235. The minimum atomic E-state index is -0.235. The van der Waals surface area contributed by atoms with Crippen LogP contribution >= 0.6 is 0 Å². The predicted molar refractivity (Wildman–Crippen MR) is 94.7 cm³/mol. The fraction of sp³-hybridized carbons (Fsp3) is 0.250. The summed E-state index contributed by atoms with van der Waals surface area (Å²) in [5.74, 6) is 1.64. The lowest BCUT2D eigenvalue weighted by molar-refractivity contribution is 0.224. The molecule has 2 aromatic heterocycles. The number of hydrogen-bond donors (Lipinski definition) is 1. The van der Waals surface area contributed by atoms with Crippen molar-refractivity contribution >= 4 is 22.0 Å². The molecule has 0 aliphatic carbocycles. The Morgan fingerprint density at radius 2 is 2.12 bits per heavy atom. The van der Waals surface area contributed by atoms with Crippen molar-refractivity contribution < 1.29 is 8.81 Å². The van der Waals surface area contributed by atoms with Gasteiger partial charge >= 0.3 is 0 Å². The van der Waals surface area contributed by atoms with Crippen molar-refractivity contribution in [1.29, 1.82) is 0 Å². The number of furan rings is 1. The number of fused-ring (bicyclic) bond motifs is 2. The topological polar surface area (TPSA) is 45.1 Å². The van der Waals surface area contributed by atoms with E-state index in [1.54, 1.807) is 6.07 Å². The molecule has 1 saturated heterocycles. The second-order valence-electron chi connectivity index (χ2n) is 6.66. The molecule has 5 heteroatoms. The van der Waals surface area contributed by atoms with Gasteiger partial charge in [0.1, 0.15) is 23.0 Å². The van der Waals surface area contributed by atoms with Gasteiger partial charge in [0.15, 0.2) is 0 Å². The average Bonchev–Trinajstić information content (AvgIpc) is 3.31. The monoisotopic (exact) mass is 335 g/mol. The first-order valence-corrected chi connectivity index (χ1v) is 8.63. The van der Waals surface area contributed by atoms with Gasteiger partial charge in [-0.3, -0.25) is 4.90 Å². The van der Waals surface area contributed by atoms with Crippen molar-refractivity contribution in [2.75, 3.05) is 6.54 Å². The third kappa shape index (κ3) is 2.61. The Morgan fingerprint density at radius 1 is 1.20 bits per heavy atom. The lowest BCUT2D eigenvalue weighted by Gasteiger charge is -2.21. The molecule has 3 heterocycles. The summed E-state index contributed by atoms with van der Waals surface area (Å²) in [6, 6.07) is 14.9. The van der Waals surface area contributed by atoms with Gasteiger partial charge in [-0.2, -0.15) is 0 Å². The molecule has 4 aromatic rings. The van der Waals surface area contributed by atoms with E-state index >= 15 is 0 Å². The summed E-state index contributed by atoms with van der Waals surface area (Å²) in [5, 5.41) is 0.814. The molecule has 4 nitrogen and oxygen atoms in total. The fourth-order valence-electron chi connectivity index (χ4n) is 3.80. The lowest BCUT2D eigenvalue weighted by Crippen LogP contribution is -2.23. The Labute approximate surface area is 144 Å². The number of nitrogens with zero attached hydrogens (tertiary/aromatic N) is 2.